The average Bonchev–Trinajstić information content (AvgIpc) is 2.36. The summed E-state index contributed by atoms with van der Waals surface area (Å²) in [6.45, 7) is 9.66. The normalized spacial score (nSPS) is 11.5. The predicted molar refractivity (Wildman–Crippen MR) is 79.4 cm³/mol. The molecule has 0 aliphatic rings. The second-order valence-electron chi connectivity index (χ2n) is 5.39. The zero-order chi connectivity index (χ0) is 15.5. The highest BCUT2D eigenvalue weighted by Gasteiger charge is 2.08. The lowest BCUT2D eigenvalue weighted by Crippen LogP contribution is -2.08. The minimum atomic E-state index is -1.14. The number of hydrogen-bond donors (Lipinski definition) is 1. The van der Waals surface area contributed by atoms with Crippen LogP contribution >= 0.6 is 0 Å². The Labute approximate surface area is 121 Å². The third-order valence-electron chi connectivity index (χ3n) is 2.90. The Kier molecular flexibility index (Phi) is 9.43. The Morgan fingerprint density at radius 3 is 2.35 bits per heavy atom. The molecule has 1 N–H and O–H groups in total. The molecule has 0 rings (SSSR count). The number of ether oxygens (including phenoxy) is 1. The lowest BCUT2D eigenvalue weighted by molar-refractivity contribution is -0.139. The van der Waals surface area contributed by atoms with Gasteiger partial charge in [0.1, 0.15) is 0 Å². The molecule has 0 radical (unpaired) electrons. The van der Waals surface area contributed by atoms with Crippen molar-refractivity contribution < 1.29 is 19.4 Å². The lowest BCUT2D eigenvalue weighted by Gasteiger charge is -2.06. The van der Waals surface area contributed by atoms with Crippen LogP contribution in [-0.4, -0.2) is 23.7 Å². The molecule has 0 spiro atoms. The predicted octanol–water partition coefficient (Wildman–Crippen LogP) is 3.72. The van der Waals surface area contributed by atoms with Gasteiger partial charge in [-0.1, -0.05) is 46.1 Å². The van der Waals surface area contributed by atoms with Crippen molar-refractivity contribution in [1.29, 1.82) is 0 Å². The first kappa shape index (κ1) is 18.4. The quantitative estimate of drug-likeness (QED) is 0.287. The second-order valence-corrected chi connectivity index (χ2v) is 5.39. The fraction of sp³-hybridized carbons (Fsp3) is 0.625. The van der Waals surface area contributed by atoms with Crippen molar-refractivity contribution in [2.45, 2.75) is 52.9 Å². The minimum absolute atomic E-state index is 0.117. The Balaban J connectivity index is 3.78. The van der Waals surface area contributed by atoms with Crippen molar-refractivity contribution in [3.63, 3.8) is 0 Å². The molecule has 0 aromatic rings. The second kappa shape index (κ2) is 10.2. The average molecular weight is 282 g/mol. The van der Waals surface area contributed by atoms with Gasteiger partial charge in [-0.05, 0) is 25.3 Å². The number of rotatable bonds is 10. The molecule has 0 saturated carbocycles. The lowest BCUT2D eigenvalue weighted by atomic mass is 10.0. The Morgan fingerprint density at radius 1 is 1.20 bits per heavy atom. The summed E-state index contributed by atoms with van der Waals surface area (Å²) in [4.78, 5) is 22.1. The van der Waals surface area contributed by atoms with Crippen molar-refractivity contribution in [3.05, 3.63) is 23.8 Å². The van der Waals surface area contributed by atoms with Crippen molar-refractivity contribution in [3.8, 4) is 0 Å². The first-order valence-corrected chi connectivity index (χ1v) is 7.12. The minimum Gasteiger partial charge on any atom is -0.478 e. The first-order valence-electron chi connectivity index (χ1n) is 7.12. The van der Waals surface area contributed by atoms with E-state index in [-0.39, 0.29) is 11.1 Å². The van der Waals surface area contributed by atoms with Crippen LogP contribution in [0.3, 0.4) is 0 Å². The molecule has 114 valence electrons. The summed E-state index contributed by atoms with van der Waals surface area (Å²) in [5.41, 5.74) is 0.144. The maximum atomic E-state index is 11.6. The van der Waals surface area contributed by atoms with Gasteiger partial charge in [-0.25, -0.2) is 9.59 Å². The number of unbranched alkanes of at least 4 members (excludes halogenated alkanes) is 3. The van der Waals surface area contributed by atoms with Gasteiger partial charge < -0.3 is 9.84 Å². The molecule has 0 saturated heterocycles. The number of carbonyl (C=O) groups excluding carboxylic acids is 1. The summed E-state index contributed by atoms with van der Waals surface area (Å²) in [5, 5.41) is 8.65. The van der Waals surface area contributed by atoms with E-state index < -0.39 is 11.9 Å². The molecule has 0 aromatic carbocycles. The number of hydrogen-bond acceptors (Lipinski definition) is 3. The molecule has 0 amide bonds. The smallest absolute Gasteiger partial charge is 0.335 e. The van der Waals surface area contributed by atoms with Crippen LogP contribution in [0.1, 0.15) is 52.9 Å². The maximum Gasteiger partial charge on any atom is 0.335 e. The zero-order valence-electron chi connectivity index (χ0n) is 12.8. The molecule has 0 bridgehead atoms. The van der Waals surface area contributed by atoms with Crippen LogP contribution in [0.15, 0.2) is 23.8 Å². The van der Waals surface area contributed by atoms with E-state index in [0.717, 1.165) is 25.2 Å². The highest BCUT2D eigenvalue weighted by atomic mass is 16.5. The summed E-state index contributed by atoms with van der Waals surface area (Å²) < 4.78 is 5.07. The fourth-order valence-electron chi connectivity index (χ4n) is 1.67. The SMILES string of the molecule is C=C(/C=C(\C)C(=O)OCCCCCCC(C)C)C(=O)O. The van der Waals surface area contributed by atoms with Crippen molar-refractivity contribution in [2.24, 2.45) is 5.92 Å². The topological polar surface area (TPSA) is 63.6 Å². The molecule has 4 heteroatoms. The van der Waals surface area contributed by atoms with E-state index in [1.54, 1.807) is 0 Å². The molecule has 0 fully saturated rings. The fourth-order valence-corrected chi connectivity index (χ4v) is 1.67. The van der Waals surface area contributed by atoms with Gasteiger partial charge in [0.15, 0.2) is 0 Å². The van der Waals surface area contributed by atoms with Crippen LogP contribution in [0, 0.1) is 5.92 Å². The van der Waals surface area contributed by atoms with Crippen LogP contribution in [0.2, 0.25) is 0 Å². The monoisotopic (exact) mass is 282 g/mol. The van der Waals surface area contributed by atoms with E-state index in [1.165, 1.54) is 25.8 Å². The van der Waals surface area contributed by atoms with Crippen LogP contribution in [0.4, 0.5) is 0 Å². The largest absolute Gasteiger partial charge is 0.478 e. The van der Waals surface area contributed by atoms with Crippen LogP contribution in [0.25, 0.3) is 0 Å². The summed E-state index contributed by atoms with van der Waals surface area (Å²) in [6.07, 6.45) is 6.72. The van der Waals surface area contributed by atoms with E-state index in [2.05, 4.69) is 20.4 Å². The summed E-state index contributed by atoms with van der Waals surface area (Å²) >= 11 is 0. The number of aliphatic carboxylic acids is 1. The summed E-state index contributed by atoms with van der Waals surface area (Å²) in [7, 11) is 0. The van der Waals surface area contributed by atoms with Crippen LogP contribution in [0.5, 0.6) is 0 Å². The van der Waals surface area contributed by atoms with Gasteiger partial charge in [-0.2, -0.15) is 0 Å². The molecule has 0 aromatic heterocycles. The van der Waals surface area contributed by atoms with Gasteiger partial charge in [0.2, 0.25) is 0 Å². The number of esters is 1. The van der Waals surface area contributed by atoms with Gasteiger partial charge in [0.05, 0.1) is 12.2 Å². The molecular formula is C16H26O4. The van der Waals surface area contributed by atoms with Crippen molar-refractivity contribution in [2.75, 3.05) is 6.61 Å². The molecule has 0 aliphatic heterocycles. The van der Waals surface area contributed by atoms with Gasteiger partial charge >= 0.3 is 11.9 Å². The summed E-state index contributed by atoms with van der Waals surface area (Å²) in [6, 6.07) is 0. The Bertz CT molecular complexity index is 367. The third kappa shape index (κ3) is 9.36. The molecule has 0 unspecified atom stereocenters. The van der Waals surface area contributed by atoms with E-state index >= 15 is 0 Å². The van der Waals surface area contributed by atoms with Crippen molar-refractivity contribution >= 4 is 11.9 Å². The van der Waals surface area contributed by atoms with Crippen LogP contribution < -0.4 is 0 Å². The number of carbonyl (C=O) groups is 2. The highest BCUT2D eigenvalue weighted by molar-refractivity contribution is 5.94. The first-order chi connectivity index (χ1) is 9.34. The molecule has 0 aliphatic carbocycles. The van der Waals surface area contributed by atoms with Gasteiger partial charge in [-0.3, -0.25) is 0 Å². The number of carboxylic acids is 1. The molecular weight excluding hydrogens is 256 g/mol. The maximum absolute atomic E-state index is 11.6. The third-order valence-corrected chi connectivity index (χ3v) is 2.90. The van der Waals surface area contributed by atoms with E-state index in [9.17, 15) is 9.59 Å². The van der Waals surface area contributed by atoms with E-state index in [0.29, 0.717) is 6.61 Å². The summed E-state index contributed by atoms with van der Waals surface area (Å²) in [5.74, 6) is -0.875. The van der Waals surface area contributed by atoms with Crippen molar-refractivity contribution in [1.82, 2.24) is 0 Å². The van der Waals surface area contributed by atoms with E-state index in [4.69, 9.17) is 9.84 Å². The Morgan fingerprint density at radius 2 is 1.80 bits per heavy atom. The zero-order valence-corrected chi connectivity index (χ0v) is 12.8. The van der Waals surface area contributed by atoms with Gasteiger partial charge in [0, 0.05) is 5.57 Å². The standard InChI is InChI=1S/C16H26O4/c1-12(2)9-7-5-6-8-10-20-16(19)14(4)11-13(3)15(17)18/h11-12H,3,5-10H2,1-2,4H3,(H,17,18)/b14-11+. The van der Waals surface area contributed by atoms with Gasteiger partial charge in [0.25, 0.3) is 0 Å². The van der Waals surface area contributed by atoms with Gasteiger partial charge in [-0.15, -0.1) is 0 Å². The molecule has 20 heavy (non-hydrogen) atoms. The Hall–Kier alpha value is -1.58. The number of carboxylic acid groups (broad SMARTS) is 1. The molecule has 0 heterocycles. The highest BCUT2D eigenvalue weighted by Crippen LogP contribution is 2.10. The van der Waals surface area contributed by atoms with E-state index in [1.807, 2.05) is 0 Å². The molecule has 0 atom stereocenters. The van der Waals surface area contributed by atoms with Crippen LogP contribution in [-0.2, 0) is 14.3 Å². The molecule has 4 nitrogen and oxygen atoms in total.